The minimum Gasteiger partial charge on any atom is -0.467 e. The Balaban J connectivity index is 1.88. The molecule has 10 heteroatoms. The fourth-order valence-corrected chi connectivity index (χ4v) is 2.80. The van der Waals surface area contributed by atoms with E-state index in [1.807, 2.05) is 13.8 Å². The smallest absolute Gasteiger partial charge is 0.353 e. The maximum atomic E-state index is 11.5. The van der Waals surface area contributed by atoms with Gasteiger partial charge in [-0.1, -0.05) is 0 Å². The van der Waals surface area contributed by atoms with Crippen molar-refractivity contribution in [3.8, 4) is 0 Å². The Labute approximate surface area is 140 Å². The van der Waals surface area contributed by atoms with Gasteiger partial charge in [-0.15, -0.1) is 11.3 Å². The maximum Gasteiger partial charge on any atom is 0.353 e. The highest BCUT2D eigenvalue weighted by Gasteiger charge is 2.24. The molecule has 3 rings (SSSR count). The topological polar surface area (TPSA) is 119 Å². The first kappa shape index (κ1) is 15.9. The summed E-state index contributed by atoms with van der Waals surface area (Å²) in [6, 6.07) is 3.51. The number of hydrogen-bond acceptors (Lipinski definition) is 9. The van der Waals surface area contributed by atoms with Crippen molar-refractivity contribution in [1.82, 2.24) is 15.0 Å². The predicted molar refractivity (Wildman–Crippen MR) is 89.6 cm³/mol. The summed E-state index contributed by atoms with van der Waals surface area (Å²) in [5, 5.41) is 17.8. The van der Waals surface area contributed by atoms with Crippen LogP contribution in [0.25, 0.3) is 0 Å². The van der Waals surface area contributed by atoms with Crippen molar-refractivity contribution in [3.05, 3.63) is 51.2 Å². The van der Waals surface area contributed by atoms with E-state index in [0.717, 1.165) is 10.6 Å². The number of hydrogen-bond donors (Lipinski definition) is 2. The molecule has 124 valence electrons. The van der Waals surface area contributed by atoms with Crippen LogP contribution in [-0.2, 0) is 6.54 Å². The van der Waals surface area contributed by atoms with Gasteiger partial charge in [0.25, 0.3) is 0 Å². The molecule has 0 saturated heterocycles. The van der Waals surface area contributed by atoms with E-state index < -0.39 is 4.92 Å². The van der Waals surface area contributed by atoms with E-state index in [1.54, 1.807) is 12.1 Å². The number of thiazole rings is 1. The molecule has 0 fully saturated rings. The predicted octanol–water partition coefficient (Wildman–Crippen LogP) is 3.41. The van der Waals surface area contributed by atoms with E-state index in [2.05, 4.69) is 25.6 Å². The van der Waals surface area contributed by atoms with Crippen molar-refractivity contribution >= 4 is 33.8 Å². The van der Waals surface area contributed by atoms with Crippen LogP contribution < -0.4 is 10.6 Å². The molecule has 0 aliphatic heterocycles. The molecule has 24 heavy (non-hydrogen) atoms. The maximum absolute atomic E-state index is 11.5. The van der Waals surface area contributed by atoms with Crippen molar-refractivity contribution in [2.75, 3.05) is 10.6 Å². The van der Waals surface area contributed by atoms with Gasteiger partial charge < -0.3 is 15.1 Å². The zero-order valence-corrected chi connectivity index (χ0v) is 13.8. The van der Waals surface area contributed by atoms with Gasteiger partial charge in [-0.2, -0.15) is 0 Å². The fraction of sp³-hybridized carbons (Fsp3) is 0.214. The van der Waals surface area contributed by atoms with E-state index in [0.29, 0.717) is 10.9 Å². The lowest BCUT2D eigenvalue weighted by molar-refractivity contribution is -0.383. The second-order valence-corrected chi connectivity index (χ2v) is 6.10. The summed E-state index contributed by atoms with van der Waals surface area (Å²) in [5.41, 5.74) is 0.630. The molecule has 0 aliphatic rings. The van der Waals surface area contributed by atoms with Crippen molar-refractivity contribution in [2.24, 2.45) is 0 Å². The standard InChI is InChI=1S/C14H14N6O3S/c1-8-9(2)24-14(18-8)19-13-11(20(21)22)12(16-7-17-13)15-6-10-4-3-5-23-10/h3-5,7H,6H2,1-2H3,(H2,15,16,17,18,19). The van der Waals surface area contributed by atoms with Gasteiger partial charge in [-0.05, 0) is 26.0 Å². The molecule has 0 radical (unpaired) electrons. The van der Waals surface area contributed by atoms with Gasteiger partial charge >= 0.3 is 5.69 Å². The van der Waals surface area contributed by atoms with Crippen LogP contribution in [0, 0.1) is 24.0 Å². The van der Waals surface area contributed by atoms with E-state index in [1.165, 1.54) is 23.9 Å². The lowest BCUT2D eigenvalue weighted by atomic mass is 10.4. The van der Waals surface area contributed by atoms with Crippen molar-refractivity contribution in [1.29, 1.82) is 0 Å². The van der Waals surface area contributed by atoms with Crippen LogP contribution in [0.1, 0.15) is 16.3 Å². The van der Waals surface area contributed by atoms with E-state index in [-0.39, 0.29) is 23.9 Å². The van der Waals surface area contributed by atoms with Crippen LogP contribution in [0.5, 0.6) is 0 Å². The molecule has 0 aliphatic carbocycles. The number of anilines is 3. The first-order valence-electron chi connectivity index (χ1n) is 7.01. The third kappa shape index (κ3) is 3.33. The lowest BCUT2D eigenvalue weighted by Gasteiger charge is -2.07. The molecule has 0 atom stereocenters. The van der Waals surface area contributed by atoms with Crippen LogP contribution >= 0.6 is 11.3 Å². The molecular weight excluding hydrogens is 332 g/mol. The summed E-state index contributed by atoms with van der Waals surface area (Å²) in [7, 11) is 0. The number of nitrogens with zero attached hydrogens (tertiary/aromatic N) is 4. The van der Waals surface area contributed by atoms with Crippen LogP contribution in [0.4, 0.5) is 22.5 Å². The van der Waals surface area contributed by atoms with Gasteiger partial charge in [0, 0.05) is 4.88 Å². The van der Waals surface area contributed by atoms with Crippen molar-refractivity contribution < 1.29 is 9.34 Å². The zero-order chi connectivity index (χ0) is 17.1. The largest absolute Gasteiger partial charge is 0.467 e. The Hall–Kier alpha value is -3.01. The summed E-state index contributed by atoms with van der Waals surface area (Å²) in [5.74, 6) is 0.841. The third-order valence-electron chi connectivity index (χ3n) is 3.27. The molecule has 0 bridgehead atoms. The Morgan fingerprint density at radius 1 is 1.33 bits per heavy atom. The SMILES string of the molecule is Cc1nc(Nc2ncnc(NCc3ccco3)c2[N+](=O)[O-])sc1C. The van der Waals surface area contributed by atoms with Gasteiger partial charge in [-0.25, -0.2) is 15.0 Å². The molecule has 3 heterocycles. The minimum atomic E-state index is -0.528. The fourth-order valence-electron chi connectivity index (χ4n) is 1.98. The quantitative estimate of drug-likeness (QED) is 0.515. The lowest BCUT2D eigenvalue weighted by Crippen LogP contribution is -2.07. The van der Waals surface area contributed by atoms with Gasteiger partial charge in [-0.3, -0.25) is 10.1 Å². The molecule has 3 aromatic heterocycles. The van der Waals surface area contributed by atoms with E-state index >= 15 is 0 Å². The summed E-state index contributed by atoms with van der Waals surface area (Å²) >= 11 is 1.41. The Kier molecular flexibility index (Phi) is 4.38. The zero-order valence-electron chi connectivity index (χ0n) is 12.9. The number of nitrogens with one attached hydrogen (secondary N) is 2. The average molecular weight is 346 g/mol. The minimum absolute atomic E-state index is 0.0886. The molecule has 3 aromatic rings. The monoisotopic (exact) mass is 346 g/mol. The first-order valence-corrected chi connectivity index (χ1v) is 7.83. The van der Waals surface area contributed by atoms with Crippen molar-refractivity contribution in [2.45, 2.75) is 20.4 Å². The molecule has 9 nitrogen and oxygen atoms in total. The third-order valence-corrected chi connectivity index (χ3v) is 4.26. The Morgan fingerprint density at radius 2 is 2.12 bits per heavy atom. The van der Waals surface area contributed by atoms with E-state index in [9.17, 15) is 10.1 Å². The van der Waals surface area contributed by atoms with Crippen molar-refractivity contribution in [3.63, 3.8) is 0 Å². The molecule has 0 amide bonds. The second kappa shape index (κ2) is 6.62. The highest BCUT2D eigenvalue weighted by molar-refractivity contribution is 7.15. The Bertz CT molecular complexity index is 842. The van der Waals surface area contributed by atoms with Crippen LogP contribution in [0.15, 0.2) is 29.1 Å². The molecular formula is C14H14N6O3S. The molecule has 0 aromatic carbocycles. The summed E-state index contributed by atoms with van der Waals surface area (Å²) in [4.78, 5) is 24.2. The van der Waals surface area contributed by atoms with Gasteiger partial charge in [0.05, 0.1) is 23.4 Å². The molecule has 2 N–H and O–H groups in total. The Morgan fingerprint density at radius 3 is 2.75 bits per heavy atom. The van der Waals surface area contributed by atoms with E-state index in [4.69, 9.17) is 4.42 Å². The molecule has 0 unspecified atom stereocenters. The number of rotatable bonds is 6. The normalized spacial score (nSPS) is 10.6. The van der Waals surface area contributed by atoms with Gasteiger partial charge in [0.15, 0.2) is 5.13 Å². The first-order chi connectivity index (χ1) is 11.5. The second-order valence-electron chi connectivity index (χ2n) is 4.90. The summed E-state index contributed by atoms with van der Waals surface area (Å²) in [6.45, 7) is 4.09. The number of aromatic nitrogens is 3. The van der Waals surface area contributed by atoms with Crippen LogP contribution in [-0.4, -0.2) is 19.9 Å². The summed E-state index contributed by atoms with van der Waals surface area (Å²) < 4.78 is 5.20. The highest BCUT2D eigenvalue weighted by atomic mass is 32.1. The van der Waals surface area contributed by atoms with Crippen LogP contribution in [0.2, 0.25) is 0 Å². The molecule has 0 saturated carbocycles. The number of furan rings is 1. The molecule has 0 spiro atoms. The van der Waals surface area contributed by atoms with Gasteiger partial charge in [0.2, 0.25) is 11.6 Å². The van der Waals surface area contributed by atoms with Crippen LogP contribution in [0.3, 0.4) is 0 Å². The highest BCUT2D eigenvalue weighted by Crippen LogP contribution is 2.33. The number of nitro groups is 1. The van der Waals surface area contributed by atoms with Gasteiger partial charge in [0.1, 0.15) is 12.1 Å². The summed E-state index contributed by atoms with van der Waals surface area (Å²) in [6.07, 6.45) is 2.79. The number of aryl methyl sites for hydroxylation is 2. The average Bonchev–Trinajstić information content (AvgIpc) is 3.15.